The topological polar surface area (TPSA) is 360 Å². The summed E-state index contributed by atoms with van der Waals surface area (Å²) in [6, 6.07) is 65.6. The number of aliphatic hydroxyl groups excluding tert-OH is 1. The first kappa shape index (κ1) is 88.0. The number of nitrogens with one attached hydrogen (secondary N) is 3. The van der Waals surface area contributed by atoms with E-state index in [0.29, 0.717) is 21.8 Å². The zero-order chi connectivity index (χ0) is 76.7. The van der Waals surface area contributed by atoms with Crippen molar-refractivity contribution in [2.45, 2.75) is 48.0 Å². The molecule has 4 heterocycles. The molecule has 0 atom stereocenters. The Morgan fingerprint density at radius 2 is 0.943 bits per heavy atom. The van der Waals surface area contributed by atoms with Crippen LogP contribution in [0.4, 0.5) is 4.39 Å². The largest absolute Gasteiger partial charge is 0.499 e. The van der Waals surface area contributed by atoms with Gasteiger partial charge in [0.1, 0.15) is 5.82 Å². The Labute approximate surface area is 632 Å². The highest BCUT2D eigenvalue weighted by atomic mass is 79.9. The second-order valence-corrected chi connectivity index (χ2v) is 23.9. The molecule has 0 amide bonds. The van der Waals surface area contributed by atoms with Crippen LogP contribution in [0, 0.1) is 16.9 Å². The predicted molar refractivity (Wildman–Crippen MR) is 418 cm³/mol. The number of allylic oxidation sites excluding steroid dienone is 1. The van der Waals surface area contributed by atoms with Gasteiger partial charge in [-0.15, -0.1) is 0 Å². The van der Waals surface area contributed by atoms with Crippen LogP contribution in [0.5, 0.6) is 0 Å². The number of H-pyrrole nitrogens is 1. The summed E-state index contributed by atoms with van der Waals surface area (Å²) in [4.78, 5) is 76.1. The standard InChI is InChI=1S/C18H14N2O3.C15H12N2O.C13H9BrN2.C7H4BrFO.C7H5BrN2.C6H7BO2.C5H8O3.C5H10O.CH4O.H2N2.H2O.H2/c1-12(21)17(22)10-18(23)13-7-8-16-14(9-13)11-19-20(16)15-5-3-2-4-6-15;1-11(18)12-7-8-15-13(9-12)10-16-17(15)14-5-3-2-4-6-14;14-11-6-7-13-10(8-11)9-15-16(13)12-4-2-1-3-5-12;8-6-1-2-7(9)5(3-6)4-10;8-6-1-2-7-5(3-6)4-9-10-7;8-7(9)6-4-2-1-3-5-6;1-3-8-5(7)4(2)6;1-4-6-5(2)3;2*1-2;;/h2-9,11H,10H2,1H3;2-10H,1H3;1-9H;1-4H;1-4H,(H,9,10);1-5,8-9H;3H2,1-2H3;2,4H2,1,3H3;2H,1H3;1-2H;1H2;1H. The lowest BCUT2D eigenvalue weighted by atomic mass is 9.81. The summed E-state index contributed by atoms with van der Waals surface area (Å²) < 4.78 is 30.1. The number of fused-ring (bicyclic) bond motifs is 4. The van der Waals surface area contributed by atoms with Crippen LogP contribution < -0.4 is 5.46 Å². The van der Waals surface area contributed by atoms with Crippen LogP contribution in [0.2, 0.25) is 0 Å². The first-order chi connectivity index (χ1) is 50.0. The van der Waals surface area contributed by atoms with Crippen LogP contribution in [0.15, 0.2) is 263 Å². The number of rotatable bonds is 14. The number of Topliss-reactive ketones (excluding diaryl/α,β-unsaturated/α-hetero) is 5. The smallest absolute Gasteiger partial charge is 0.488 e. The Morgan fingerprint density at radius 3 is 1.32 bits per heavy atom. The van der Waals surface area contributed by atoms with Gasteiger partial charge in [-0.1, -0.05) is 139 Å². The second-order valence-electron chi connectivity index (χ2n) is 21.1. The van der Waals surface area contributed by atoms with Gasteiger partial charge in [0.05, 0.1) is 94.9 Å². The summed E-state index contributed by atoms with van der Waals surface area (Å²) >= 11 is 9.95. The Morgan fingerprint density at radius 1 is 0.543 bits per heavy atom. The van der Waals surface area contributed by atoms with Gasteiger partial charge in [0.2, 0.25) is 11.6 Å². The SMILES string of the molecule is Brc1ccc2[nH]ncc2c1.Brc1ccc2c(cnn2-c2ccccc2)c1.C=C(C)OCC.CC(=O)C(=O)CC(=O)c1ccc2c(cnn2-c2ccccc2)c1.CC(=O)c1ccc2c(cnn2-c2ccccc2)c1.CCOC(=O)C(C)=O.CO.N=N.O.O=Cc1cc(Br)ccc1F.OB(O)c1ccccc1.[HH]. The van der Waals surface area contributed by atoms with E-state index in [9.17, 15) is 38.0 Å². The molecule has 105 heavy (non-hydrogen) atoms. The molecule has 9 aromatic carbocycles. The average molecular weight is 1620 g/mol. The molecule has 0 unspecified atom stereocenters. The highest BCUT2D eigenvalue weighted by molar-refractivity contribution is 9.11. The molecule has 13 aromatic rings. The molecule has 0 saturated carbocycles. The van der Waals surface area contributed by atoms with E-state index in [-0.39, 0.29) is 30.6 Å². The number of nitrogens with zero attached hydrogens (tertiary/aromatic N) is 7. The summed E-state index contributed by atoms with van der Waals surface area (Å²) in [5.41, 5.74) is 18.8. The van der Waals surface area contributed by atoms with Crippen LogP contribution in [-0.4, -0.2) is 129 Å². The number of hydrogen-bond donors (Lipinski definition) is 6. The molecule has 0 bridgehead atoms. The number of benzene rings is 9. The van der Waals surface area contributed by atoms with Gasteiger partial charge in [0, 0.05) is 68.5 Å². The van der Waals surface area contributed by atoms with Gasteiger partial charge in [0.25, 0.3) is 0 Å². The molecular formula is C77H79BBr3FN10O13. The molecule has 0 fully saturated rings. The highest BCUT2D eigenvalue weighted by Gasteiger charge is 2.17. The van der Waals surface area contributed by atoms with Gasteiger partial charge in [-0.2, -0.15) is 20.4 Å². The Kier molecular flexibility index (Phi) is 39.5. The normalized spacial score (nSPS) is 9.66. The quantitative estimate of drug-likeness (QED) is 0.00861. The molecule has 0 aliphatic rings. The number of ketones is 5. The maximum atomic E-state index is 12.5. The molecule has 23 nitrogen and oxygen atoms in total. The molecule has 546 valence electrons. The van der Waals surface area contributed by atoms with E-state index in [1.54, 1.807) is 85.7 Å². The highest BCUT2D eigenvalue weighted by Crippen LogP contribution is 2.25. The zero-order valence-corrected chi connectivity index (χ0v) is 62.9. The molecule has 13 rings (SSSR count). The summed E-state index contributed by atoms with van der Waals surface area (Å²) in [5.74, 6) is -2.56. The van der Waals surface area contributed by atoms with E-state index in [2.05, 4.69) is 109 Å². The Bertz CT molecular complexity index is 4920. The number of aldehydes is 1. The lowest BCUT2D eigenvalue weighted by Crippen LogP contribution is -2.29. The van der Waals surface area contributed by atoms with E-state index >= 15 is 0 Å². The third-order valence-electron chi connectivity index (χ3n) is 13.6. The zero-order valence-electron chi connectivity index (χ0n) is 58.2. The first-order valence-electron chi connectivity index (χ1n) is 31.4. The number of aliphatic hydroxyl groups is 1. The number of aromatic nitrogens is 8. The first-order valence-corrected chi connectivity index (χ1v) is 33.8. The average Bonchev–Trinajstić information content (AvgIpc) is 1.58. The van der Waals surface area contributed by atoms with Crippen molar-refractivity contribution < 1.29 is 69.5 Å². The van der Waals surface area contributed by atoms with Gasteiger partial charge in [-0.05, 0) is 161 Å². The summed E-state index contributed by atoms with van der Waals surface area (Å²) in [6.45, 7) is 13.9. The summed E-state index contributed by atoms with van der Waals surface area (Å²) in [7, 11) is -0.341. The molecule has 4 aromatic heterocycles. The van der Waals surface area contributed by atoms with Gasteiger partial charge in [-0.3, -0.25) is 33.9 Å². The van der Waals surface area contributed by atoms with Crippen LogP contribution in [0.1, 0.15) is 80.5 Å². The lowest BCUT2D eigenvalue weighted by Gasteiger charge is -2.04. The van der Waals surface area contributed by atoms with Crippen LogP contribution in [-0.2, 0) is 28.7 Å². The molecule has 0 saturated heterocycles. The third kappa shape index (κ3) is 28.8. The number of halogens is 4. The number of carbonyl (C=O) groups excluding carboxylic acids is 7. The van der Waals surface area contributed by atoms with Crippen molar-refractivity contribution in [1.29, 1.82) is 11.1 Å². The predicted octanol–water partition coefficient (Wildman–Crippen LogP) is 15.2. The monoisotopic (exact) mass is 1620 g/mol. The minimum Gasteiger partial charge on any atom is -0.499 e. The Balaban J connectivity index is 0.000000421. The van der Waals surface area contributed by atoms with Crippen molar-refractivity contribution >= 4 is 145 Å². The van der Waals surface area contributed by atoms with E-state index in [1.807, 2.05) is 157 Å². The summed E-state index contributed by atoms with van der Waals surface area (Å²) in [5, 5.41) is 48.1. The van der Waals surface area contributed by atoms with Crippen molar-refractivity contribution in [1.82, 2.24) is 39.5 Å². The molecule has 28 heteroatoms. The number of esters is 1. The van der Waals surface area contributed by atoms with Gasteiger partial charge in [-0.25, -0.2) is 34.3 Å². The van der Waals surface area contributed by atoms with Crippen molar-refractivity contribution in [3.63, 3.8) is 0 Å². The fourth-order valence-electron chi connectivity index (χ4n) is 8.78. The molecule has 0 spiro atoms. The van der Waals surface area contributed by atoms with Crippen LogP contribution >= 0.6 is 47.8 Å². The third-order valence-corrected chi connectivity index (χ3v) is 15.1. The molecule has 0 aliphatic heterocycles. The van der Waals surface area contributed by atoms with E-state index in [4.69, 9.17) is 31.0 Å². The number of ether oxygens (including phenoxy) is 2. The number of aromatic amines is 1. The fourth-order valence-corrected chi connectivity index (χ4v) is 9.92. The summed E-state index contributed by atoms with van der Waals surface area (Å²) in [6.07, 6.45) is 7.24. The fraction of sp³-hybridized carbons (Fsp3) is 0.130. The Hall–Kier alpha value is -11.2. The maximum Gasteiger partial charge on any atom is 0.488 e. The van der Waals surface area contributed by atoms with Gasteiger partial charge in [0.15, 0.2) is 23.6 Å². The van der Waals surface area contributed by atoms with Crippen molar-refractivity contribution in [2.24, 2.45) is 0 Å². The van der Waals surface area contributed by atoms with Crippen LogP contribution in [0.25, 0.3) is 60.7 Å². The minimum absolute atomic E-state index is 0. The molecule has 8 N–H and O–H groups in total. The molecule has 0 radical (unpaired) electrons. The molecule has 0 aliphatic carbocycles. The van der Waals surface area contributed by atoms with Gasteiger partial charge < -0.3 is 30.1 Å². The minimum atomic E-state index is -1.34. The maximum absolute atomic E-state index is 12.5. The number of hydrogen-bond acceptors (Lipinski definition) is 18. The van der Waals surface area contributed by atoms with Crippen molar-refractivity contribution in [3.8, 4) is 17.1 Å². The van der Waals surface area contributed by atoms with E-state index < -0.39 is 42.7 Å². The van der Waals surface area contributed by atoms with Crippen LogP contribution in [0.3, 0.4) is 0 Å². The van der Waals surface area contributed by atoms with Gasteiger partial charge >= 0.3 is 13.1 Å². The molecular weight excluding hydrogens is 1540 g/mol. The number of para-hydroxylation sites is 3. The number of carbonyl (C=O) groups is 7. The van der Waals surface area contributed by atoms with Crippen molar-refractivity contribution in [3.05, 3.63) is 285 Å². The van der Waals surface area contributed by atoms with E-state index in [0.717, 1.165) is 94.7 Å². The van der Waals surface area contributed by atoms with Crippen molar-refractivity contribution in [2.75, 3.05) is 20.3 Å². The second kappa shape index (κ2) is 47.1. The van der Waals surface area contributed by atoms with E-state index in [1.165, 1.54) is 26.0 Å². The lowest BCUT2D eigenvalue weighted by molar-refractivity contribution is -0.152.